The molecule has 0 bridgehead atoms. The number of phenols is 1. The molecule has 3 N–H and O–H groups in total. The predicted molar refractivity (Wildman–Crippen MR) is 53.3 cm³/mol. The Labute approximate surface area is 99.6 Å². The van der Waals surface area contributed by atoms with Gasteiger partial charge in [0.2, 0.25) is 0 Å². The molecule has 98 valence electrons. The molecule has 1 rings (SSSR count). The summed E-state index contributed by atoms with van der Waals surface area (Å²) < 4.78 is 61.2. The van der Waals surface area contributed by atoms with E-state index in [1.807, 2.05) is 0 Å². The lowest BCUT2D eigenvalue weighted by Crippen LogP contribution is -2.20. The number of benzene rings is 1. The fourth-order valence-electron chi connectivity index (χ4n) is 1.13. The topological polar surface area (TPSA) is 46.2 Å². The molecule has 0 saturated heterocycles. The second-order valence-electron chi connectivity index (χ2n) is 3.13. The van der Waals surface area contributed by atoms with Gasteiger partial charge in [-0.05, 0) is 18.2 Å². The summed E-state index contributed by atoms with van der Waals surface area (Å²) in [4.78, 5) is 0. The zero-order chi connectivity index (χ0) is 12.5. The van der Waals surface area contributed by atoms with E-state index in [0.717, 1.165) is 0 Å². The van der Waals surface area contributed by atoms with Crippen molar-refractivity contribution in [3.63, 3.8) is 0 Å². The molecule has 0 radical (unpaired) electrons. The van der Waals surface area contributed by atoms with Gasteiger partial charge in [-0.1, -0.05) is 0 Å². The zero-order valence-electron chi connectivity index (χ0n) is 8.21. The number of hydrogen-bond acceptors (Lipinski definition) is 2. The van der Waals surface area contributed by atoms with Crippen LogP contribution >= 0.6 is 12.4 Å². The highest BCUT2D eigenvalue weighted by molar-refractivity contribution is 5.85. The molecule has 1 aromatic rings. The summed E-state index contributed by atoms with van der Waals surface area (Å²) in [5.41, 5.74) is 3.22. The Balaban J connectivity index is 0.00000256. The first-order valence-corrected chi connectivity index (χ1v) is 4.17. The molecule has 0 spiro atoms. The fraction of sp³-hybridized carbons (Fsp3) is 0.333. The SMILES string of the molecule is Cl.N[C@@H](c1cc(C(F)(F)F)ccc1O)C(F)F. The molecule has 0 heterocycles. The molecule has 0 amide bonds. The second-order valence-corrected chi connectivity index (χ2v) is 3.13. The van der Waals surface area contributed by atoms with E-state index in [0.29, 0.717) is 18.2 Å². The van der Waals surface area contributed by atoms with Crippen LogP contribution < -0.4 is 5.73 Å². The van der Waals surface area contributed by atoms with Crippen molar-refractivity contribution in [2.24, 2.45) is 5.73 Å². The number of alkyl halides is 5. The summed E-state index contributed by atoms with van der Waals surface area (Å²) in [6.07, 6.45) is -7.71. The van der Waals surface area contributed by atoms with Crippen molar-refractivity contribution in [2.45, 2.75) is 18.6 Å². The standard InChI is InChI=1S/C9H8F5NO.ClH/c10-8(11)7(15)5-3-4(9(12,13)14)1-2-6(5)16;/h1-3,7-8,16H,15H2;1H/t7-;/m0./s1. The van der Waals surface area contributed by atoms with Crippen molar-refractivity contribution in [3.05, 3.63) is 29.3 Å². The first-order valence-electron chi connectivity index (χ1n) is 4.17. The Bertz CT molecular complexity index is 382. The van der Waals surface area contributed by atoms with Gasteiger partial charge in [0.25, 0.3) is 6.43 Å². The molecular weight excluding hydrogens is 269 g/mol. The minimum Gasteiger partial charge on any atom is -0.508 e. The van der Waals surface area contributed by atoms with Crippen LogP contribution in [0.5, 0.6) is 5.75 Å². The third kappa shape index (κ3) is 3.71. The molecule has 1 aromatic carbocycles. The van der Waals surface area contributed by atoms with E-state index in [2.05, 4.69) is 0 Å². The van der Waals surface area contributed by atoms with Crippen molar-refractivity contribution in [3.8, 4) is 5.75 Å². The van der Waals surface area contributed by atoms with Crippen LogP contribution in [-0.2, 0) is 6.18 Å². The zero-order valence-corrected chi connectivity index (χ0v) is 9.03. The monoisotopic (exact) mass is 277 g/mol. The summed E-state index contributed by atoms with van der Waals surface area (Å²) in [6, 6.07) is -0.230. The van der Waals surface area contributed by atoms with Crippen molar-refractivity contribution in [1.82, 2.24) is 0 Å². The third-order valence-electron chi connectivity index (χ3n) is 1.99. The number of hydrogen-bond donors (Lipinski definition) is 2. The summed E-state index contributed by atoms with van der Waals surface area (Å²) in [7, 11) is 0. The molecule has 0 saturated carbocycles. The van der Waals surface area contributed by atoms with E-state index in [4.69, 9.17) is 10.8 Å². The first kappa shape index (κ1) is 15.9. The van der Waals surface area contributed by atoms with E-state index in [1.165, 1.54) is 0 Å². The van der Waals surface area contributed by atoms with Crippen LogP contribution in [0.15, 0.2) is 18.2 Å². The van der Waals surface area contributed by atoms with Crippen LogP contribution in [0.2, 0.25) is 0 Å². The largest absolute Gasteiger partial charge is 0.508 e. The van der Waals surface area contributed by atoms with Crippen molar-refractivity contribution in [1.29, 1.82) is 0 Å². The first-order chi connectivity index (χ1) is 7.23. The van der Waals surface area contributed by atoms with E-state index in [-0.39, 0.29) is 12.4 Å². The van der Waals surface area contributed by atoms with Gasteiger partial charge in [0.05, 0.1) is 11.6 Å². The molecule has 8 heteroatoms. The highest BCUT2D eigenvalue weighted by Gasteiger charge is 2.32. The quantitative estimate of drug-likeness (QED) is 0.816. The smallest absolute Gasteiger partial charge is 0.416 e. The number of phenolic OH excluding ortho intramolecular Hbond substituents is 1. The molecule has 0 aliphatic rings. The van der Waals surface area contributed by atoms with Crippen LogP contribution in [0.3, 0.4) is 0 Å². The van der Waals surface area contributed by atoms with Crippen molar-refractivity contribution in [2.75, 3.05) is 0 Å². The number of aromatic hydroxyl groups is 1. The van der Waals surface area contributed by atoms with Gasteiger partial charge in [-0.15, -0.1) is 12.4 Å². The summed E-state index contributed by atoms with van der Waals surface area (Å²) in [5, 5.41) is 9.14. The molecule has 0 unspecified atom stereocenters. The Morgan fingerprint density at radius 1 is 1.18 bits per heavy atom. The average Bonchev–Trinajstić information content (AvgIpc) is 2.15. The van der Waals surface area contributed by atoms with E-state index < -0.39 is 35.5 Å². The van der Waals surface area contributed by atoms with Crippen molar-refractivity contribution < 1.29 is 27.1 Å². The fourth-order valence-corrected chi connectivity index (χ4v) is 1.13. The van der Waals surface area contributed by atoms with Crippen molar-refractivity contribution >= 4 is 12.4 Å². The lowest BCUT2D eigenvalue weighted by Gasteiger charge is -2.15. The van der Waals surface area contributed by atoms with Gasteiger partial charge in [-0.3, -0.25) is 0 Å². The van der Waals surface area contributed by atoms with E-state index in [1.54, 1.807) is 0 Å². The normalized spacial score (nSPS) is 13.4. The van der Waals surface area contributed by atoms with E-state index >= 15 is 0 Å². The Morgan fingerprint density at radius 3 is 2.12 bits per heavy atom. The molecule has 17 heavy (non-hydrogen) atoms. The van der Waals surface area contributed by atoms with Gasteiger partial charge in [0.15, 0.2) is 0 Å². The Kier molecular flexibility index (Phi) is 5.15. The maximum atomic E-state index is 12.3. The Morgan fingerprint density at radius 2 is 1.71 bits per heavy atom. The second kappa shape index (κ2) is 5.50. The highest BCUT2D eigenvalue weighted by atomic mass is 35.5. The minimum atomic E-state index is -4.66. The molecule has 0 aliphatic carbocycles. The molecule has 2 nitrogen and oxygen atoms in total. The van der Waals surface area contributed by atoms with Crippen LogP contribution in [0.25, 0.3) is 0 Å². The number of halogens is 6. The maximum absolute atomic E-state index is 12.3. The van der Waals surface area contributed by atoms with Crippen LogP contribution in [-0.4, -0.2) is 11.5 Å². The minimum absolute atomic E-state index is 0. The lowest BCUT2D eigenvalue weighted by atomic mass is 10.0. The predicted octanol–water partition coefficient (Wildman–Crippen LogP) is 3.10. The van der Waals surface area contributed by atoms with E-state index in [9.17, 15) is 22.0 Å². The molecule has 0 aromatic heterocycles. The molecule has 1 atom stereocenters. The molecular formula is C9H9ClF5NO. The van der Waals surface area contributed by atoms with Gasteiger partial charge in [-0.2, -0.15) is 13.2 Å². The van der Waals surface area contributed by atoms with Crippen LogP contribution in [0, 0.1) is 0 Å². The van der Waals surface area contributed by atoms with Gasteiger partial charge in [0.1, 0.15) is 5.75 Å². The lowest BCUT2D eigenvalue weighted by molar-refractivity contribution is -0.137. The van der Waals surface area contributed by atoms with Gasteiger partial charge < -0.3 is 10.8 Å². The van der Waals surface area contributed by atoms with Gasteiger partial charge >= 0.3 is 6.18 Å². The average molecular weight is 278 g/mol. The Hall–Kier alpha value is -1.08. The maximum Gasteiger partial charge on any atom is 0.416 e. The van der Waals surface area contributed by atoms with Crippen LogP contribution in [0.1, 0.15) is 17.2 Å². The number of nitrogens with two attached hydrogens (primary N) is 1. The summed E-state index contributed by atoms with van der Waals surface area (Å²) in [6.45, 7) is 0. The summed E-state index contributed by atoms with van der Waals surface area (Å²) >= 11 is 0. The molecule has 0 fully saturated rings. The third-order valence-corrected chi connectivity index (χ3v) is 1.99. The molecule has 0 aliphatic heterocycles. The highest BCUT2D eigenvalue weighted by Crippen LogP contribution is 2.35. The van der Waals surface area contributed by atoms with Gasteiger partial charge in [-0.25, -0.2) is 8.78 Å². The summed E-state index contributed by atoms with van der Waals surface area (Å²) in [5.74, 6) is -0.680. The number of rotatable bonds is 2. The van der Waals surface area contributed by atoms with Crippen LogP contribution in [0.4, 0.5) is 22.0 Å². The van der Waals surface area contributed by atoms with Gasteiger partial charge in [0, 0.05) is 5.56 Å².